The standard InChI is InChI=1S/C25H31N3O2S/c1-6-22(24(7-2)30-14-13-17(3)4)27-16-31-25-21(26)11-12-23(28-25)20-10-8-9-19(15-20)18(5)29/h6-12,15,17,27H,1-2,13-14,16,26H2,3-5H3/b24-22-. The Morgan fingerprint density at radius 1 is 1.26 bits per heavy atom. The lowest BCUT2D eigenvalue weighted by atomic mass is 10.1. The van der Waals surface area contributed by atoms with Gasteiger partial charge >= 0.3 is 0 Å². The summed E-state index contributed by atoms with van der Waals surface area (Å²) in [6.45, 7) is 14.2. The number of rotatable bonds is 12. The van der Waals surface area contributed by atoms with Crippen molar-refractivity contribution in [2.24, 2.45) is 5.92 Å². The molecular weight excluding hydrogens is 406 g/mol. The lowest BCUT2D eigenvalue weighted by Crippen LogP contribution is -2.14. The molecule has 5 nitrogen and oxygen atoms in total. The second kappa shape index (κ2) is 12.0. The van der Waals surface area contributed by atoms with Crippen molar-refractivity contribution in [3.05, 3.63) is 78.7 Å². The minimum Gasteiger partial charge on any atom is -0.491 e. The molecule has 3 N–H and O–H groups in total. The van der Waals surface area contributed by atoms with Crippen LogP contribution in [0.2, 0.25) is 0 Å². The lowest BCUT2D eigenvalue weighted by molar-refractivity contribution is 0.101. The fourth-order valence-corrected chi connectivity index (χ4v) is 3.48. The Hall–Kier alpha value is -2.99. The number of carbonyl (C=O) groups excluding carboxylic acids is 1. The number of anilines is 1. The summed E-state index contributed by atoms with van der Waals surface area (Å²) in [5.41, 5.74) is 9.80. The first-order valence-corrected chi connectivity index (χ1v) is 11.2. The Morgan fingerprint density at radius 3 is 2.68 bits per heavy atom. The summed E-state index contributed by atoms with van der Waals surface area (Å²) in [5, 5.41) is 4.02. The van der Waals surface area contributed by atoms with Crippen molar-refractivity contribution in [1.29, 1.82) is 0 Å². The number of nitrogens with two attached hydrogens (primary N) is 1. The molecule has 0 atom stereocenters. The van der Waals surface area contributed by atoms with Crippen molar-refractivity contribution in [2.45, 2.75) is 32.2 Å². The summed E-state index contributed by atoms with van der Waals surface area (Å²) < 4.78 is 5.84. The molecule has 0 spiro atoms. The zero-order valence-electron chi connectivity index (χ0n) is 18.5. The molecule has 0 aliphatic carbocycles. The number of Topliss-reactive ketones (excluding diaryl/α,β-unsaturated/α-hetero) is 1. The smallest absolute Gasteiger partial charge is 0.159 e. The molecule has 0 unspecified atom stereocenters. The number of nitrogens with zero attached hydrogens (tertiary/aromatic N) is 1. The number of ketones is 1. The number of nitrogen functional groups attached to an aromatic ring is 1. The zero-order valence-corrected chi connectivity index (χ0v) is 19.3. The molecule has 0 aliphatic rings. The van der Waals surface area contributed by atoms with Gasteiger partial charge in [-0.2, -0.15) is 0 Å². The third kappa shape index (κ3) is 7.33. The van der Waals surface area contributed by atoms with Crippen LogP contribution in [0.15, 0.2) is 78.2 Å². The number of allylic oxidation sites excluding steroid dienone is 2. The van der Waals surface area contributed by atoms with Crippen LogP contribution in [0.25, 0.3) is 11.3 Å². The van der Waals surface area contributed by atoms with Crippen LogP contribution in [-0.4, -0.2) is 23.3 Å². The molecule has 0 radical (unpaired) electrons. The van der Waals surface area contributed by atoms with Crippen molar-refractivity contribution in [3.8, 4) is 11.3 Å². The molecule has 0 bridgehead atoms. The molecule has 0 aliphatic heterocycles. The summed E-state index contributed by atoms with van der Waals surface area (Å²) in [6, 6.07) is 11.1. The fraction of sp³-hybridized carbons (Fsp3) is 0.280. The van der Waals surface area contributed by atoms with Gasteiger partial charge < -0.3 is 15.8 Å². The molecule has 1 aromatic carbocycles. The van der Waals surface area contributed by atoms with E-state index in [1.54, 1.807) is 25.1 Å². The second-order valence-corrected chi connectivity index (χ2v) is 8.37. The normalized spacial score (nSPS) is 11.6. The number of carbonyl (C=O) groups is 1. The van der Waals surface area contributed by atoms with Gasteiger partial charge in [0, 0.05) is 11.1 Å². The zero-order chi connectivity index (χ0) is 22.8. The number of hydrogen-bond acceptors (Lipinski definition) is 6. The van der Waals surface area contributed by atoms with Crippen LogP contribution in [0.3, 0.4) is 0 Å². The van der Waals surface area contributed by atoms with E-state index in [1.165, 1.54) is 11.8 Å². The van der Waals surface area contributed by atoms with Gasteiger partial charge in [-0.15, -0.1) is 0 Å². The molecule has 0 amide bonds. The van der Waals surface area contributed by atoms with Crippen LogP contribution in [0, 0.1) is 5.92 Å². The second-order valence-electron chi connectivity index (χ2n) is 7.41. The van der Waals surface area contributed by atoms with Crippen molar-refractivity contribution in [1.82, 2.24) is 10.3 Å². The molecular formula is C25H31N3O2S. The highest BCUT2D eigenvalue weighted by atomic mass is 32.2. The molecule has 31 heavy (non-hydrogen) atoms. The Balaban J connectivity index is 2.10. The first-order valence-electron chi connectivity index (χ1n) is 10.2. The van der Waals surface area contributed by atoms with E-state index in [2.05, 4.69) is 32.3 Å². The van der Waals surface area contributed by atoms with Gasteiger partial charge in [-0.05, 0) is 49.6 Å². The van der Waals surface area contributed by atoms with Gasteiger partial charge in [0.15, 0.2) is 5.78 Å². The lowest BCUT2D eigenvalue weighted by Gasteiger charge is -2.14. The molecule has 0 fully saturated rings. The van der Waals surface area contributed by atoms with Gasteiger partial charge in [0.25, 0.3) is 0 Å². The fourth-order valence-electron chi connectivity index (χ4n) is 2.72. The maximum absolute atomic E-state index is 11.7. The van der Waals surface area contributed by atoms with E-state index >= 15 is 0 Å². The van der Waals surface area contributed by atoms with Crippen LogP contribution in [0.5, 0.6) is 0 Å². The molecule has 6 heteroatoms. The van der Waals surface area contributed by atoms with Gasteiger partial charge in [0.1, 0.15) is 10.8 Å². The molecule has 0 saturated heterocycles. The van der Waals surface area contributed by atoms with Gasteiger partial charge in [0.05, 0.1) is 29.6 Å². The number of aromatic nitrogens is 1. The van der Waals surface area contributed by atoms with E-state index in [4.69, 9.17) is 15.5 Å². The van der Waals surface area contributed by atoms with Gasteiger partial charge in [0.2, 0.25) is 0 Å². The average molecular weight is 438 g/mol. The van der Waals surface area contributed by atoms with Gasteiger partial charge in [-0.1, -0.05) is 57.0 Å². The molecule has 164 valence electrons. The Kier molecular flexibility index (Phi) is 9.40. The van der Waals surface area contributed by atoms with E-state index in [0.717, 1.165) is 23.4 Å². The summed E-state index contributed by atoms with van der Waals surface area (Å²) in [4.78, 5) is 16.4. The molecule has 1 heterocycles. The van der Waals surface area contributed by atoms with Crippen molar-refractivity contribution < 1.29 is 9.53 Å². The number of hydrogen-bond donors (Lipinski definition) is 2. The van der Waals surface area contributed by atoms with E-state index in [0.29, 0.717) is 40.4 Å². The van der Waals surface area contributed by atoms with Crippen LogP contribution in [0.1, 0.15) is 37.6 Å². The topological polar surface area (TPSA) is 77.2 Å². The number of ether oxygens (including phenoxy) is 1. The summed E-state index contributed by atoms with van der Waals surface area (Å²) in [7, 11) is 0. The monoisotopic (exact) mass is 437 g/mol. The minimum atomic E-state index is 0.0217. The van der Waals surface area contributed by atoms with Crippen LogP contribution < -0.4 is 11.1 Å². The molecule has 2 aromatic rings. The maximum atomic E-state index is 11.7. The van der Waals surface area contributed by atoms with Crippen LogP contribution >= 0.6 is 11.8 Å². The van der Waals surface area contributed by atoms with Gasteiger partial charge in [-0.3, -0.25) is 4.79 Å². The predicted octanol–water partition coefficient (Wildman–Crippen LogP) is 5.82. The van der Waals surface area contributed by atoms with Crippen LogP contribution in [0.4, 0.5) is 5.69 Å². The van der Waals surface area contributed by atoms with E-state index < -0.39 is 0 Å². The maximum Gasteiger partial charge on any atom is 0.159 e. The van der Waals surface area contributed by atoms with Crippen molar-refractivity contribution in [2.75, 3.05) is 18.2 Å². The average Bonchev–Trinajstić information content (AvgIpc) is 2.76. The largest absolute Gasteiger partial charge is 0.491 e. The SMILES string of the molecule is C=C/C(NCSc1nc(-c2cccc(C(C)=O)c2)ccc1N)=C(\C=C)OCCC(C)C. The quantitative estimate of drug-likeness (QED) is 0.143. The van der Waals surface area contributed by atoms with Gasteiger partial charge in [-0.25, -0.2) is 4.98 Å². The summed E-state index contributed by atoms with van der Waals surface area (Å²) >= 11 is 1.48. The number of pyridine rings is 1. The first kappa shape index (κ1) is 24.3. The first-order chi connectivity index (χ1) is 14.8. The van der Waals surface area contributed by atoms with Crippen LogP contribution in [-0.2, 0) is 4.74 Å². The van der Waals surface area contributed by atoms with E-state index in [1.807, 2.05) is 30.3 Å². The Bertz CT molecular complexity index is 967. The predicted molar refractivity (Wildman–Crippen MR) is 131 cm³/mol. The van der Waals surface area contributed by atoms with E-state index in [9.17, 15) is 4.79 Å². The molecule has 2 rings (SSSR count). The minimum absolute atomic E-state index is 0.0217. The third-order valence-corrected chi connectivity index (χ3v) is 5.42. The molecule has 0 saturated carbocycles. The number of thioether (sulfide) groups is 1. The highest BCUT2D eigenvalue weighted by Crippen LogP contribution is 2.27. The highest BCUT2D eigenvalue weighted by molar-refractivity contribution is 7.99. The van der Waals surface area contributed by atoms with Crippen molar-refractivity contribution >= 4 is 23.2 Å². The number of benzene rings is 1. The molecule has 1 aromatic heterocycles. The summed E-state index contributed by atoms with van der Waals surface area (Å²) in [6.07, 6.45) is 4.37. The summed E-state index contributed by atoms with van der Waals surface area (Å²) in [5.74, 6) is 1.79. The van der Waals surface area contributed by atoms with E-state index in [-0.39, 0.29) is 5.78 Å². The number of nitrogens with one attached hydrogen (secondary N) is 1. The Morgan fingerprint density at radius 2 is 2.03 bits per heavy atom. The Labute approximate surface area is 189 Å². The highest BCUT2D eigenvalue weighted by Gasteiger charge is 2.09. The third-order valence-electron chi connectivity index (χ3n) is 4.53. The van der Waals surface area contributed by atoms with Crippen molar-refractivity contribution in [3.63, 3.8) is 0 Å².